The first-order valence-electron chi connectivity index (χ1n) is 4.37. The summed E-state index contributed by atoms with van der Waals surface area (Å²) in [6, 6.07) is 0. The van der Waals surface area contributed by atoms with E-state index in [2.05, 4.69) is 0 Å². The average Bonchev–Trinajstić information content (AvgIpc) is 2.10. The summed E-state index contributed by atoms with van der Waals surface area (Å²) in [7, 11) is 0. The van der Waals surface area contributed by atoms with E-state index in [1.54, 1.807) is 13.8 Å². The third-order valence-electron chi connectivity index (χ3n) is 1.43. The summed E-state index contributed by atoms with van der Waals surface area (Å²) in [4.78, 5) is 11.0. The molecular weight excluding hydrogens is 229 g/mol. The topological polar surface area (TPSA) is 61.5 Å². The van der Waals surface area contributed by atoms with Crippen LogP contribution in [0, 0.1) is 5.92 Å². The maximum absolute atomic E-state index is 11.0. The summed E-state index contributed by atoms with van der Waals surface area (Å²) >= 11 is 0. The van der Waals surface area contributed by atoms with Crippen molar-refractivity contribution in [3.05, 3.63) is 5.92 Å². The van der Waals surface area contributed by atoms with Crippen LogP contribution in [0.15, 0.2) is 0 Å². The molecule has 2 N–H and O–H groups in total. The Balaban J connectivity index is 0. The Morgan fingerprint density at radius 2 is 1.79 bits per heavy atom. The number of hydrogen-bond donors (Lipinski definition) is 1. The molecule has 0 aliphatic rings. The van der Waals surface area contributed by atoms with Crippen LogP contribution in [0.5, 0.6) is 0 Å². The normalized spacial score (nSPS) is 9.36. The molecule has 0 rings (SSSR count). The quantitative estimate of drug-likeness (QED) is 0.490. The van der Waals surface area contributed by atoms with Crippen molar-refractivity contribution < 1.29 is 31.0 Å². The SMILES string of the molecule is C[C-](C)C(=O)COCCOCCN.[Co]. The number of rotatable bonds is 8. The number of carbonyl (C=O) groups is 1. The van der Waals surface area contributed by atoms with Gasteiger partial charge in [0.2, 0.25) is 0 Å². The van der Waals surface area contributed by atoms with E-state index in [9.17, 15) is 4.79 Å². The maximum Gasteiger partial charge on any atom is 0.0769 e. The van der Waals surface area contributed by atoms with Crippen LogP contribution in [-0.2, 0) is 31.0 Å². The first-order valence-corrected chi connectivity index (χ1v) is 4.37. The third kappa shape index (κ3) is 10.0. The van der Waals surface area contributed by atoms with Crippen molar-refractivity contribution in [1.29, 1.82) is 0 Å². The van der Waals surface area contributed by atoms with Gasteiger partial charge >= 0.3 is 0 Å². The van der Waals surface area contributed by atoms with Crippen molar-refractivity contribution in [1.82, 2.24) is 0 Å². The zero-order valence-corrected chi connectivity index (χ0v) is 9.71. The molecule has 0 unspecified atom stereocenters. The molecule has 0 bridgehead atoms. The second-order valence-electron chi connectivity index (χ2n) is 2.88. The minimum absolute atomic E-state index is 0. The molecule has 87 valence electrons. The van der Waals surface area contributed by atoms with Crippen molar-refractivity contribution in [3.63, 3.8) is 0 Å². The third-order valence-corrected chi connectivity index (χ3v) is 1.43. The van der Waals surface area contributed by atoms with Gasteiger partial charge in [-0.1, -0.05) is 0 Å². The van der Waals surface area contributed by atoms with E-state index in [4.69, 9.17) is 15.2 Å². The molecule has 0 aliphatic carbocycles. The summed E-state index contributed by atoms with van der Waals surface area (Å²) in [5.41, 5.74) is 5.21. The molecule has 0 fully saturated rings. The molecule has 1 radical (unpaired) electrons. The molecule has 0 aromatic rings. The van der Waals surface area contributed by atoms with Crippen LogP contribution in [-0.4, -0.2) is 38.8 Å². The predicted octanol–water partition coefficient (Wildman–Crippen LogP) is 0.159. The van der Waals surface area contributed by atoms with E-state index in [0.717, 1.165) is 5.92 Å². The fourth-order valence-corrected chi connectivity index (χ4v) is 0.612. The average molecular weight is 247 g/mol. The van der Waals surface area contributed by atoms with Gasteiger partial charge in [-0.25, -0.2) is 0 Å². The van der Waals surface area contributed by atoms with Crippen molar-refractivity contribution in [2.45, 2.75) is 13.8 Å². The molecule has 4 nitrogen and oxygen atoms in total. The second-order valence-corrected chi connectivity index (χ2v) is 2.88. The van der Waals surface area contributed by atoms with Crippen molar-refractivity contribution in [2.75, 3.05) is 33.0 Å². The van der Waals surface area contributed by atoms with E-state index in [-0.39, 0.29) is 29.2 Å². The molecule has 0 saturated carbocycles. The van der Waals surface area contributed by atoms with Crippen LogP contribution in [0.3, 0.4) is 0 Å². The Morgan fingerprint density at radius 3 is 2.29 bits per heavy atom. The van der Waals surface area contributed by atoms with E-state index in [1.165, 1.54) is 0 Å². The van der Waals surface area contributed by atoms with Gasteiger partial charge in [-0.15, -0.1) is 0 Å². The van der Waals surface area contributed by atoms with Crippen LogP contribution >= 0.6 is 0 Å². The van der Waals surface area contributed by atoms with E-state index in [0.29, 0.717) is 26.4 Å². The number of Topliss-reactive ketones (excluding diaryl/α,β-unsaturated/α-hetero) is 1. The molecule has 0 aromatic carbocycles. The number of ketones is 1. The number of hydrogen-bond acceptors (Lipinski definition) is 4. The minimum Gasteiger partial charge on any atom is -0.378 e. The number of nitrogens with two attached hydrogens (primary N) is 1. The fourth-order valence-electron chi connectivity index (χ4n) is 0.612. The van der Waals surface area contributed by atoms with E-state index in [1.807, 2.05) is 0 Å². The predicted molar refractivity (Wildman–Crippen MR) is 50.3 cm³/mol. The Hall–Kier alpha value is -0.0735. The summed E-state index contributed by atoms with van der Waals surface area (Å²) < 4.78 is 10.1. The van der Waals surface area contributed by atoms with Crippen LogP contribution in [0.4, 0.5) is 0 Å². The Bertz CT molecular complexity index is 142. The molecule has 0 spiro atoms. The summed E-state index contributed by atoms with van der Waals surface area (Å²) in [6.45, 7) is 5.69. The van der Waals surface area contributed by atoms with Gasteiger partial charge in [0.25, 0.3) is 0 Å². The zero-order chi connectivity index (χ0) is 10.1. The largest absolute Gasteiger partial charge is 0.378 e. The minimum atomic E-state index is 0. The van der Waals surface area contributed by atoms with Crippen molar-refractivity contribution in [2.24, 2.45) is 5.73 Å². The fraction of sp³-hybridized carbons (Fsp3) is 0.778. The van der Waals surface area contributed by atoms with Gasteiger partial charge in [-0.3, -0.25) is 0 Å². The van der Waals surface area contributed by atoms with Gasteiger partial charge in [0, 0.05) is 29.1 Å². The molecule has 0 saturated heterocycles. The first kappa shape index (κ1) is 16.4. The van der Waals surface area contributed by atoms with Gasteiger partial charge in [-0.05, 0) is 0 Å². The first-order chi connectivity index (χ1) is 6.18. The molecule has 0 amide bonds. The Kier molecular flexibility index (Phi) is 12.9. The van der Waals surface area contributed by atoms with Crippen LogP contribution in [0.1, 0.15) is 13.8 Å². The number of ether oxygens (including phenoxy) is 2. The Morgan fingerprint density at radius 1 is 1.21 bits per heavy atom. The summed E-state index contributed by atoms with van der Waals surface area (Å²) in [5.74, 6) is 0.807. The van der Waals surface area contributed by atoms with E-state index >= 15 is 0 Å². The van der Waals surface area contributed by atoms with Gasteiger partial charge in [0.1, 0.15) is 0 Å². The maximum atomic E-state index is 11.0. The molecule has 14 heavy (non-hydrogen) atoms. The monoisotopic (exact) mass is 247 g/mol. The Labute approximate surface area is 95.7 Å². The van der Waals surface area contributed by atoms with Gasteiger partial charge in [-0.2, -0.15) is 13.8 Å². The van der Waals surface area contributed by atoms with Gasteiger partial charge in [0.15, 0.2) is 0 Å². The van der Waals surface area contributed by atoms with Gasteiger partial charge in [0.05, 0.1) is 26.4 Å². The number of carbonyl (C=O) groups excluding carboxylic acids is 1. The molecule has 5 heteroatoms. The van der Waals surface area contributed by atoms with Crippen LogP contribution in [0.2, 0.25) is 0 Å². The second kappa shape index (κ2) is 11.0. The van der Waals surface area contributed by atoms with Crippen molar-refractivity contribution >= 4 is 5.78 Å². The van der Waals surface area contributed by atoms with Crippen molar-refractivity contribution in [3.8, 4) is 0 Å². The zero-order valence-electron chi connectivity index (χ0n) is 8.67. The smallest absolute Gasteiger partial charge is 0.0769 e. The van der Waals surface area contributed by atoms with Gasteiger partial charge < -0.3 is 25.9 Å². The van der Waals surface area contributed by atoms with Crippen LogP contribution in [0.25, 0.3) is 0 Å². The summed E-state index contributed by atoms with van der Waals surface area (Å²) in [5, 5.41) is 0. The molecule has 0 atom stereocenters. The molecule has 0 aromatic heterocycles. The standard InChI is InChI=1S/C9H18NO3.Co/c1-8(2)9(11)7-13-6-5-12-4-3-10;/h3-7,10H2,1-2H3;/q-1;. The molecule has 0 aliphatic heterocycles. The van der Waals surface area contributed by atoms with E-state index < -0.39 is 0 Å². The molecular formula is C9H18CoNO3-. The van der Waals surface area contributed by atoms with Crippen LogP contribution < -0.4 is 5.73 Å². The summed E-state index contributed by atoms with van der Waals surface area (Å²) in [6.07, 6.45) is 0. The molecule has 0 heterocycles.